The molecule has 2 aromatic carbocycles. The first-order chi connectivity index (χ1) is 10.6. The summed E-state index contributed by atoms with van der Waals surface area (Å²) in [7, 11) is -3.65. The molecular weight excluding hydrogens is 302 g/mol. The maximum atomic E-state index is 12.4. The average Bonchev–Trinajstić information content (AvgIpc) is 2.55. The second kappa shape index (κ2) is 5.88. The Morgan fingerprint density at radius 1 is 1.00 bits per heavy atom. The van der Waals surface area contributed by atoms with Crippen molar-refractivity contribution in [3.63, 3.8) is 0 Å². The van der Waals surface area contributed by atoms with Crippen molar-refractivity contribution >= 4 is 15.7 Å². The SMILES string of the molecule is CCc1ccc(NS(=O)(=O)c2ccc3c(c2)OCCO3)cc1. The molecule has 0 fully saturated rings. The highest BCUT2D eigenvalue weighted by molar-refractivity contribution is 7.92. The van der Waals surface area contributed by atoms with Crippen LogP contribution in [0.15, 0.2) is 47.4 Å². The molecule has 1 aliphatic rings. The van der Waals surface area contributed by atoms with Gasteiger partial charge < -0.3 is 9.47 Å². The van der Waals surface area contributed by atoms with Crippen LogP contribution >= 0.6 is 0 Å². The van der Waals surface area contributed by atoms with Gasteiger partial charge in [0.1, 0.15) is 13.2 Å². The number of anilines is 1. The number of hydrogen-bond acceptors (Lipinski definition) is 4. The molecule has 5 nitrogen and oxygen atoms in total. The van der Waals surface area contributed by atoms with E-state index in [0.29, 0.717) is 30.4 Å². The minimum Gasteiger partial charge on any atom is -0.486 e. The minimum absolute atomic E-state index is 0.149. The van der Waals surface area contributed by atoms with Crippen molar-refractivity contribution in [1.82, 2.24) is 0 Å². The number of sulfonamides is 1. The van der Waals surface area contributed by atoms with Gasteiger partial charge in [0, 0.05) is 11.8 Å². The summed E-state index contributed by atoms with van der Waals surface area (Å²) in [4.78, 5) is 0.149. The normalized spacial score (nSPS) is 13.7. The van der Waals surface area contributed by atoms with Crippen LogP contribution in [0.4, 0.5) is 5.69 Å². The van der Waals surface area contributed by atoms with Crippen molar-refractivity contribution in [2.75, 3.05) is 17.9 Å². The summed E-state index contributed by atoms with van der Waals surface area (Å²) in [6.45, 7) is 2.94. The number of hydrogen-bond donors (Lipinski definition) is 1. The first-order valence-electron chi connectivity index (χ1n) is 7.10. The van der Waals surface area contributed by atoms with Crippen LogP contribution in [0.1, 0.15) is 12.5 Å². The van der Waals surface area contributed by atoms with Gasteiger partial charge >= 0.3 is 0 Å². The van der Waals surface area contributed by atoms with E-state index in [1.165, 1.54) is 12.1 Å². The highest BCUT2D eigenvalue weighted by Crippen LogP contribution is 2.32. The summed E-state index contributed by atoms with van der Waals surface area (Å²) in [5.74, 6) is 1.02. The molecule has 0 atom stereocenters. The molecule has 22 heavy (non-hydrogen) atoms. The molecule has 0 aromatic heterocycles. The Morgan fingerprint density at radius 3 is 2.36 bits per heavy atom. The standard InChI is InChI=1S/C16H17NO4S/c1-2-12-3-5-13(6-4-12)17-22(18,19)14-7-8-15-16(11-14)21-10-9-20-15/h3-8,11,17H,2,9-10H2,1H3. The smallest absolute Gasteiger partial charge is 0.262 e. The Bertz CT molecular complexity index is 769. The average molecular weight is 319 g/mol. The van der Waals surface area contributed by atoms with Gasteiger partial charge in [-0.25, -0.2) is 8.42 Å². The molecular formula is C16H17NO4S. The molecule has 0 radical (unpaired) electrons. The van der Waals surface area contributed by atoms with Crippen molar-refractivity contribution < 1.29 is 17.9 Å². The van der Waals surface area contributed by atoms with Crippen LogP contribution in [-0.2, 0) is 16.4 Å². The first kappa shape index (κ1) is 14.7. The van der Waals surface area contributed by atoms with E-state index in [4.69, 9.17) is 9.47 Å². The van der Waals surface area contributed by atoms with E-state index in [2.05, 4.69) is 4.72 Å². The number of rotatable bonds is 4. The van der Waals surface area contributed by atoms with Crippen LogP contribution in [0, 0.1) is 0 Å². The van der Waals surface area contributed by atoms with Crippen LogP contribution in [0.5, 0.6) is 11.5 Å². The fraction of sp³-hybridized carbons (Fsp3) is 0.250. The van der Waals surface area contributed by atoms with Crippen LogP contribution in [0.25, 0.3) is 0 Å². The van der Waals surface area contributed by atoms with Gasteiger partial charge in [-0.3, -0.25) is 4.72 Å². The first-order valence-corrected chi connectivity index (χ1v) is 8.58. The molecule has 116 valence electrons. The lowest BCUT2D eigenvalue weighted by molar-refractivity contribution is 0.171. The summed E-state index contributed by atoms with van der Waals surface area (Å²) in [5, 5.41) is 0. The maximum Gasteiger partial charge on any atom is 0.262 e. The van der Waals surface area contributed by atoms with E-state index in [0.717, 1.165) is 12.0 Å². The molecule has 0 aliphatic carbocycles. The predicted molar refractivity (Wildman–Crippen MR) is 84.1 cm³/mol. The summed E-state index contributed by atoms with van der Waals surface area (Å²) >= 11 is 0. The zero-order valence-electron chi connectivity index (χ0n) is 12.2. The van der Waals surface area contributed by atoms with Crippen molar-refractivity contribution in [2.24, 2.45) is 0 Å². The van der Waals surface area contributed by atoms with Gasteiger partial charge in [0.2, 0.25) is 0 Å². The third-order valence-corrected chi connectivity index (χ3v) is 4.82. The van der Waals surface area contributed by atoms with Gasteiger partial charge in [0.05, 0.1) is 4.90 Å². The van der Waals surface area contributed by atoms with Gasteiger partial charge in [0.25, 0.3) is 10.0 Å². The Kier molecular flexibility index (Phi) is 3.94. The maximum absolute atomic E-state index is 12.4. The molecule has 3 rings (SSSR count). The Hall–Kier alpha value is -2.21. The van der Waals surface area contributed by atoms with Crippen LogP contribution in [-0.4, -0.2) is 21.6 Å². The van der Waals surface area contributed by atoms with Gasteiger partial charge in [-0.05, 0) is 36.2 Å². The molecule has 0 saturated carbocycles. The lowest BCUT2D eigenvalue weighted by atomic mass is 10.2. The van der Waals surface area contributed by atoms with E-state index in [9.17, 15) is 8.42 Å². The van der Waals surface area contributed by atoms with Crippen molar-refractivity contribution in [1.29, 1.82) is 0 Å². The highest BCUT2D eigenvalue weighted by Gasteiger charge is 2.19. The fourth-order valence-electron chi connectivity index (χ4n) is 2.21. The van der Waals surface area contributed by atoms with E-state index < -0.39 is 10.0 Å². The predicted octanol–water partition coefficient (Wildman–Crippen LogP) is 2.82. The number of ether oxygens (including phenoxy) is 2. The zero-order valence-corrected chi connectivity index (χ0v) is 13.0. The monoisotopic (exact) mass is 319 g/mol. The number of fused-ring (bicyclic) bond motifs is 1. The summed E-state index contributed by atoms with van der Waals surface area (Å²) in [5.41, 5.74) is 1.69. The lowest BCUT2D eigenvalue weighted by Gasteiger charge is -2.19. The number of nitrogens with one attached hydrogen (secondary N) is 1. The molecule has 0 amide bonds. The van der Waals surface area contributed by atoms with Gasteiger partial charge in [0.15, 0.2) is 11.5 Å². The second-order valence-electron chi connectivity index (χ2n) is 4.96. The molecule has 0 spiro atoms. The quantitative estimate of drug-likeness (QED) is 0.941. The molecule has 0 bridgehead atoms. The van der Waals surface area contributed by atoms with E-state index in [1.54, 1.807) is 18.2 Å². The molecule has 6 heteroatoms. The molecule has 1 N–H and O–H groups in total. The molecule has 1 aliphatic heterocycles. The summed E-state index contributed by atoms with van der Waals surface area (Å²) in [6, 6.07) is 11.9. The number of aryl methyl sites for hydroxylation is 1. The zero-order chi connectivity index (χ0) is 15.6. The summed E-state index contributed by atoms with van der Waals surface area (Å²) in [6.07, 6.45) is 0.912. The topological polar surface area (TPSA) is 64.6 Å². The lowest BCUT2D eigenvalue weighted by Crippen LogP contribution is -2.17. The third kappa shape index (κ3) is 3.01. The van der Waals surface area contributed by atoms with Gasteiger partial charge in [-0.2, -0.15) is 0 Å². The Morgan fingerprint density at radius 2 is 1.68 bits per heavy atom. The highest BCUT2D eigenvalue weighted by atomic mass is 32.2. The number of benzene rings is 2. The van der Waals surface area contributed by atoms with Crippen molar-refractivity contribution in [3.05, 3.63) is 48.0 Å². The molecule has 2 aromatic rings. The van der Waals surface area contributed by atoms with E-state index in [-0.39, 0.29) is 4.90 Å². The fourth-order valence-corrected chi connectivity index (χ4v) is 3.29. The molecule has 0 saturated heterocycles. The molecule has 1 heterocycles. The van der Waals surface area contributed by atoms with E-state index in [1.807, 2.05) is 19.1 Å². The van der Waals surface area contributed by atoms with Gasteiger partial charge in [-0.1, -0.05) is 19.1 Å². The summed E-state index contributed by atoms with van der Waals surface area (Å²) < 4.78 is 38.3. The van der Waals surface area contributed by atoms with E-state index >= 15 is 0 Å². The van der Waals surface area contributed by atoms with Gasteiger partial charge in [-0.15, -0.1) is 0 Å². The third-order valence-electron chi connectivity index (χ3n) is 3.44. The largest absolute Gasteiger partial charge is 0.486 e. The van der Waals surface area contributed by atoms with Crippen LogP contribution in [0.2, 0.25) is 0 Å². The van der Waals surface area contributed by atoms with Crippen LogP contribution in [0.3, 0.4) is 0 Å². The minimum atomic E-state index is -3.65. The second-order valence-corrected chi connectivity index (χ2v) is 6.64. The van der Waals surface area contributed by atoms with Crippen molar-refractivity contribution in [2.45, 2.75) is 18.2 Å². The molecule has 0 unspecified atom stereocenters. The Labute approximate surface area is 129 Å². The van der Waals surface area contributed by atoms with Crippen LogP contribution < -0.4 is 14.2 Å². The Balaban J connectivity index is 1.85. The van der Waals surface area contributed by atoms with Crippen molar-refractivity contribution in [3.8, 4) is 11.5 Å².